The van der Waals surface area contributed by atoms with Gasteiger partial charge >= 0.3 is 5.97 Å². The van der Waals surface area contributed by atoms with Gasteiger partial charge in [0.15, 0.2) is 9.84 Å². The summed E-state index contributed by atoms with van der Waals surface area (Å²) in [6, 6.07) is 0. The van der Waals surface area contributed by atoms with E-state index < -0.39 is 15.8 Å². The van der Waals surface area contributed by atoms with Gasteiger partial charge in [-0.05, 0) is 5.92 Å². The molecule has 14 heavy (non-hydrogen) atoms. The van der Waals surface area contributed by atoms with E-state index in [9.17, 15) is 13.2 Å². The lowest BCUT2D eigenvalue weighted by Gasteiger charge is -2.40. The Hall–Kier alpha value is -0.620. The highest BCUT2D eigenvalue weighted by Crippen LogP contribution is 2.23. The lowest BCUT2D eigenvalue weighted by atomic mass is 9.99. The van der Waals surface area contributed by atoms with Crippen LogP contribution in [0.2, 0.25) is 0 Å². The molecule has 80 valence electrons. The zero-order chi connectivity index (χ0) is 10.3. The Labute approximate surface area is 82.6 Å². The first-order chi connectivity index (χ1) is 6.46. The Morgan fingerprint density at radius 3 is 2.36 bits per heavy atom. The summed E-state index contributed by atoms with van der Waals surface area (Å²) in [5.41, 5.74) is 0. The van der Waals surface area contributed by atoms with Crippen LogP contribution in [0.15, 0.2) is 0 Å². The molecular formula is C8H13NO4S. The maximum atomic E-state index is 10.8. The molecule has 0 radical (unpaired) electrons. The van der Waals surface area contributed by atoms with Crippen LogP contribution in [-0.4, -0.2) is 55.5 Å². The van der Waals surface area contributed by atoms with Crippen molar-refractivity contribution in [2.24, 2.45) is 11.8 Å². The molecule has 6 heteroatoms. The van der Waals surface area contributed by atoms with Crippen molar-refractivity contribution < 1.29 is 18.3 Å². The summed E-state index contributed by atoms with van der Waals surface area (Å²) in [5.74, 6) is -0.202. The predicted molar refractivity (Wildman–Crippen MR) is 49.7 cm³/mol. The molecule has 0 aromatic heterocycles. The molecule has 0 bridgehead atoms. The molecule has 0 unspecified atom stereocenters. The van der Waals surface area contributed by atoms with E-state index in [0.717, 1.165) is 6.54 Å². The van der Waals surface area contributed by atoms with E-state index in [0.29, 0.717) is 13.1 Å². The van der Waals surface area contributed by atoms with Gasteiger partial charge in [-0.1, -0.05) is 0 Å². The van der Waals surface area contributed by atoms with Crippen LogP contribution in [-0.2, 0) is 14.6 Å². The van der Waals surface area contributed by atoms with E-state index in [1.807, 2.05) is 4.90 Å². The Kier molecular flexibility index (Phi) is 2.27. The van der Waals surface area contributed by atoms with Crippen molar-refractivity contribution in [1.82, 2.24) is 4.90 Å². The van der Waals surface area contributed by atoms with Gasteiger partial charge in [-0.2, -0.15) is 0 Å². The number of nitrogens with zero attached hydrogens (tertiary/aromatic N) is 1. The molecule has 0 spiro atoms. The van der Waals surface area contributed by atoms with Crippen molar-refractivity contribution in [3.63, 3.8) is 0 Å². The smallest absolute Gasteiger partial charge is 0.309 e. The molecule has 0 aromatic carbocycles. The summed E-state index contributed by atoms with van der Waals surface area (Å²) in [6.45, 7) is 1.89. The quantitative estimate of drug-likeness (QED) is 0.662. The standard InChI is InChI=1S/C8H13NO4S/c10-8(11)7-2-9(3-7)1-6-4-14(12,13)5-6/h6-7H,1-5H2,(H,10,11). The number of aliphatic carboxylic acids is 1. The fourth-order valence-corrected chi connectivity index (χ4v) is 3.56. The summed E-state index contributed by atoms with van der Waals surface area (Å²) in [6.07, 6.45) is 0. The number of carbonyl (C=O) groups is 1. The van der Waals surface area contributed by atoms with Crippen LogP contribution in [0.4, 0.5) is 0 Å². The van der Waals surface area contributed by atoms with Gasteiger partial charge in [0.05, 0.1) is 17.4 Å². The van der Waals surface area contributed by atoms with Gasteiger partial charge in [0.25, 0.3) is 0 Å². The third kappa shape index (κ3) is 1.90. The SMILES string of the molecule is O=C(O)C1CN(CC2CS(=O)(=O)C2)C1. The molecule has 2 aliphatic rings. The van der Waals surface area contributed by atoms with Crippen molar-refractivity contribution in [2.45, 2.75) is 0 Å². The first-order valence-electron chi connectivity index (χ1n) is 4.62. The van der Waals surface area contributed by atoms with Gasteiger partial charge in [0.1, 0.15) is 0 Å². The average molecular weight is 219 g/mol. The van der Waals surface area contributed by atoms with Crippen molar-refractivity contribution in [1.29, 1.82) is 0 Å². The third-order valence-corrected chi connectivity index (χ3v) is 4.76. The Morgan fingerprint density at radius 2 is 1.93 bits per heavy atom. The van der Waals surface area contributed by atoms with Gasteiger partial charge in [0.2, 0.25) is 0 Å². The lowest BCUT2D eigenvalue weighted by molar-refractivity contribution is -0.147. The first-order valence-corrected chi connectivity index (χ1v) is 6.44. The predicted octanol–water partition coefficient (Wildman–Crippen LogP) is -0.953. The van der Waals surface area contributed by atoms with Crippen molar-refractivity contribution >= 4 is 15.8 Å². The zero-order valence-corrected chi connectivity index (χ0v) is 8.53. The summed E-state index contributed by atoms with van der Waals surface area (Å²) in [5, 5.41) is 8.62. The molecule has 2 saturated heterocycles. The van der Waals surface area contributed by atoms with E-state index in [1.165, 1.54) is 0 Å². The fraction of sp³-hybridized carbons (Fsp3) is 0.875. The molecule has 0 amide bonds. The minimum atomic E-state index is -2.73. The number of hydrogen-bond acceptors (Lipinski definition) is 4. The second-order valence-corrected chi connectivity index (χ2v) is 6.35. The van der Waals surface area contributed by atoms with Gasteiger partial charge in [0, 0.05) is 19.6 Å². The number of likely N-dealkylation sites (tertiary alicyclic amines) is 1. The number of carboxylic acid groups (broad SMARTS) is 1. The topological polar surface area (TPSA) is 74.7 Å². The summed E-state index contributed by atoms with van der Waals surface area (Å²) >= 11 is 0. The molecule has 0 atom stereocenters. The molecular weight excluding hydrogens is 206 g/mol. The maximum Gasteiger partial charge on any atom is 0.309 e. The van der Waals surface area contributed by atoms with E-state index in [2.05, 4.69) is 0 Å². The number of rotatable bonds is 3. The molecule has 5 nitrogen and oxygen atoms in total. The van der Waals surface area contributed by atoms with E-state index >= 15 is 0 Å². The maximum absolute atomic E-state index is 10.8. The first kappa shape index (κ1) is 9.92. The zero-order valence-electron chi connectivity index (χ0n) is 7.72. The van der Waals surface area contributed by atoms with Crippen LogP contribution >= 0.6 is 0 Å². The van der Waals surface area contributed by atoms with Gasteiger partial charge in [-0.25, -0.2) is 8.42 Å². The number of sulfone groups is 1. The van der Waals surface area contributed by atoms with Crippen LogP contribution in [0.1, 0.15) is 0 Å². The van der Waals surface area contributed by atoms with Crippen LogP contribution < -0.4 is 0 Å². The monoisotopic (exact) mass is 219 g/mol. The molecule has 2 heterocycles. The molecule has 0 saturated carbocycles. The Bertz CT molecular complexity index is 332. The molecule has 2 rings (SSSR count). The summed E-state index contributed by atoms with van der Waals surface area (Å²) in [7, 11) is -2.73. The molecule has 2 aliphatic heterocycles. The molecule has 2 fully saturated rings. The minimum absolute atomic E-state index is 0.231. The van der Waals surface area contributed by atoms with Crippen LogP contribution in [0.3, 0.4) is 0 Å². The van der Waals surface area contributed by atoms with Crippen molar-refractivity contribution in [3.05, 3.63) is 0 Å². The molecule has 0 aliphatic carbocycles. The van der Waals surface area contributed by atoms with Crippen molar-refractivity contribution in [2.75, 3.05) is 31.1 Å². The highest BCUT2D eigenvalue weighted by Gasteiger charge is 2.39. The van der Waals surface area contributed by atoms with Gasteiger partial charge in [-0.3, -0.25) is 4.79 Å². The number of hydrogen-bond donors (Lipinski definition) is 1. The van der Waals surface area contributed by atoms with Gasteiger partial charge < -0.3 is 10.0 Å². The van der Waals surface area contributed by atoms with Crippen LogP contribution in [0.5, 0.6) is 0 Å². The second-order valence-electron chi connectivity index (χ2n) is 4.20. The number of carboxylic acids is 1. The van der Waals surface area contributed by atoms with E-state index in [1.54, 1.807) is 0 Å². The normalized spacial score (nSPS) is 28.0. The highest BCUT2D eigenvalue weighted by molar-refractivity contribution is 7.92. The van der Waals surface area contributed by atoms with Gasteiger partial charge in [-0.15, -0.1) is 0 Å². The average Bonchev–Trinajstić information content (AvgIpc) is 1.90. The summed E-state index contributed by atoms with van der Waals surface area (Å²) in [4.78, 5) is 12.5. The largest absolute Gasteiger partial charge is 0.481 e. The minimum Gasteiger partial charge on any atom is -0.481 e. The van der Waals surface area contributed by atoms with Crippen molar-refractivity contribution in [3.8, 4) is 0 Å². The fourth-order valence-electron chi connectivity index (χ4n) is 2.02. The second kappa shape index (κ2) is 3.20. The molecule has 1 N–H and O–H groups in total. The van der Waals surface area contributed by atoms with Crippen LogP contribution in [0.25, 0.3) is 0 Å². The molecule has 0 aromatic rings. The highest BCUT2D eigenvalue weighted by atomic mass is 32.2. The lowest BCUT2D eigenvalue weighted by Crippen LogP contribution is -2.54. The Morgan fingerprint density at radius 1 is 1.36 bits per heavy atom. The Balaban J connectivity index is 1.69. The van der Waals surface area contributed by atoms with E-state index in [4.69, 9.17) is 5.11 Å². The van der Waals surface area contributed by atoms with Crippen LogP contribution in [0, 0.1) is 11.8 Å². The third-order valence-electron chi connectivity index (χ3n) is 2.80. The van der Waals surface area contributed by atoms with E-state index in [-0.39, 0.29) is 23.3 Å². The summed E-state index contributed by atoms with van der Waals surface area (Å²) < 4.78 is 21.7.